The molecule has 2 aliphatic rings. The van der Waals surface area contributed by atoms with Crippen LogP contribution in [0.1, 0.15) is 45.4 Å². The van der Waals surface area contributed by atoms with Gasteiger partial charge >= 0.3 is 6.03 Å². The second-order valence-electron chi connectivity index (χ2n) is 4.91. The molecule has 2 rings (SSSR count). The summed E-state index contributed by atoms with van der Waals surface area (Å²) >= 11 is 0. The van der Waals surface area contributed by atoms with E-state index in [0.29, 0.717) is 5.92 Å². The van der Waals surface area contributed by atoms with Gasteiger partial charge < -0.3 is 10.6 Å². The van der Waals surface area contributed by atoms with Crippen LogP contribution in [0.15, 0.2) is 0 Å². The molecule has 0 spiro atoms. The SMILES string of the molecule is CC1(C2CCCCCC2)CNC(=O)N1. The number of rotatable bonds is 1. The molecule has 0 bridgehead atoms. The summed E-state index contributed by atoms with van der Waals surface area (Å²) in [5, 5.41) is 5.96. The number of urea groups is 1. The van der Waals surface area contributed by atoms with E-state index in [1.807, 2.05) is 0 Å². The van der Waals surface area contributed by atoms with Crippen molar-refractivity contribution in [1.82, 2.24) is 10.6 Å². The minimum Gasteiger partial charge on any atom is -0.336 e. The van der Waals surface area contributed by atoms with Crippen LogP contribution in [0, 0.1) is 5.92 Å². The first-order valence-corrected chi connectivity index (χ1v) is 5.77. The third kappa shape index (κ3) is 1.86. The molecule has 1 heterocycles. The molecule has 1 saturated heterocycles. The summed E-state index contributed by atoms with van der Waals surface area (Å²) in [5.74, 6) is 0.670. The maximum absolute atomic E-state index is 11.2. The van der Waals surface area contributed by atoms with Crippen molar-refractivity contribution in [2.75, 3.05) is 6.54 Å². The van der Waals surface area contributed by atoms with Crippen LogP contribution in [-0.2, 0) is 0 Å². The molecule has 0 radical (unpaired) electrons. The van der Waals surface area contributed by atoms with Gasteiger partial charge in [-0.3, -0.25) is 0 Å². The van der Waals surface area contributed by atoms with E-state index in [1.54, 1.807) is 0 Å². The summed E-state index contributed by atoms with van der Waals surface area (Å²) in [5.41, 5.74) is 0.0153. The smallest absolute Gasteiger partial charge is 0.315 e. The van der Waals surface area contributed by atoms with Crippen LogP contribution in [0.5, 0.6) is 0 Å². The predicted molar refractivity (Wildman–Crippen MR) is 56.1 cm³/mol. The molecule has 2 fully saturated rings. The van der Waals surface area contributed by atoms with E-state index >= 15 is 0 Å². The van der Waals surface area contributed by atoms with Gasteiger partial charge in [0.2, 0.25) is 0 Å². The van der Waals surface area contributed by atoms with Crippen LogP contribution in [-0.4, -0.2) is 18.1 Å². The van der Waals surface area contributed by atoms with Crippen molar-refractivity contribution in [2.45, 2.75) is 51.0 Å². The van der Waals surface area contributed by atoms with E-state index in [4.69, 9.17) is 0 Å². The molecule has 80 valence electrons. The molecule has 1 aliphatic heterocycles. The number of amides is 2. The summed E-state index contributed by atoms with van der Waals surface area (Å²) < 4.78 is 0. The molecule has 1 atom stereocenters. The van der Waals surface area contributed by atoms with Crippen molar-refractivity contribution in [3.05, 3.63) is 0 Å². The highest BCUT2D eigenvalue weighted by molar-refractivity contribution is 5.77. The van der Waals surface area contributed by atoms with E-state index in [0.717, 1.165) is 6.54 Å². The maximum atomic E-state index is 11.2. The Labute approximate surface area is 85.6 Å². The van der Waals surface area contributed by atoms with Gasteiger partial charge in [0, 0.05) is 6.54 Å². The molecule has 1 saturated carbocycles. The van der Waals surface area contributed by atoms with Crippen molar-refractivity contribution < 1.29 is 4.79 Å². The third-order valence-electron chi connectivity index (χ3n) is 3.77. The van der Waals surface area contributed by atoms with E-state index in [-0.39, 0.29) is 11.6 Å². The fraction of sp³-hybridized carbons (Fsp3) is 0.909. The lowest BCUT2D eigenvalue weighted by Gasteiger charge is -2.32. The molecule has 3 heteroatoms. The van der Waals surface area contributed by atoms with Crippen LogP contribution in [0.25, 0.3) is 0 Å². The van der Waals surface area contributed by atoms with Gasteiger partial charge in [0.05, 0.1) is 5.54 Å². The van der Waals surface area contributed by atoms with Crippen LogP contribution in [0.2, 0.25) is 0 Å². The average molecular weight is 196 g/mol. The van der Waals surface area contributed by atoms with Gasteiger partial charge in [-0.2, -0.15) is 0 Å². The molecule has 2 amide bonds. The van der Waals surface area contributed by atoms with Gasteiger partial charge in [-0.15, -0.1) is 0 Å². The number of carbonyl (C=O) groups excluding carboxylic acids is 1. The van der Waals surface area contributed by atoms with Crippen LogP contribution in [0.3, 0.4) is 0 Å². The Bertz CT molecular complexity index is 221. The maximum Gasteiger partial charge on any atom is 0.315 e. The van der Waals surface area contributed by atoms with Gasteiger partial charge in [-0.25, -0.2) is 4.79 Å². The van der Waals surface area contributed by atoms with Crippen molar-refractivity contribution in [1.29, 1.82) is 0 Å². The average Bonchev–Trinajstić information content (AvgIpc) is 2.45. The summed E-state index contributed by atoms with van der Waals surface area (Å²) in [6.07, 6.45) is 7.95. The number of carbonyl (C=O) groups is 1. The molecular formula is C11H20N2O. The van der Waals surface area contributed by atoms with Crippen LogP contribution in [0.4, 0.5) is 4.79 Å². The second-order valence-corrected chi connectivity index (χ2v) is 4.91. The third-order valence-corrected chi connectivity index (χ3v) is 3.77. The van der Waals surface area contributed by atoms with Crippen LogP contribution >= 0.6 is 0 Å². The van der Waals surface area contributed by atoms with Crippen molar-refractivity contribution in [2.24, 2.45) is 5.92 Å². The summed E-state index contributed by atoms with van der Waals surface area (Å²) in [4.78, 5) is 11.2. The zero-order chi connectivity index (χ0) is 10.0. The van der Waals surface area contributed by atoms with Crippen molar-refractivity contribution in [3.8, 4) is 0 Å². The topological polar surface area (TPSA) is 41.1 Å². The molecule has 3 nitrogen and oxygen atoms in total. The Morgan fingerprint density at radius 2 is 1.86 bits per heavy atom. The van der Waals surface area contributed by atoms with Crippen molar-refractivity contribution in [3.63, 3.8) is 0 Å². The molecule has 0 aromatic heterocycles. The highest BCUT2D eigenvalue weighted by Crippen LogP contribution is 2.32. The lowest BCUT2D eigenvalue weighted by molar-refractivity contribution is 0.228. The van der Waals surface area contributed by atoms with Gasteiger partial charge in [0.15, 0.2) is 0 Å². The lowest BCUT2D eigenvalue weighted by atomic mass is 9.81. The molecule has 2 N–H and O–H groups in total. The first kappa shape index (κ1) is 9.81. The molecule has 14 heavy (non-hydrogen) atoms. The fourth-order valence-electron chi connectivity index (χ4n) is 2.77. The summed E-state index contributed by atoms with van der Waals surface area (Å²) in [6.45, 7) is 2.98. The van der Waals surface area contributed by atoms with Gasteiger partial charge in [-0.1, -0.05) is 25.7 Å². The first-order chi connectivity index (χ1) is 6.71. The Morgan fingerprint density at radius 1 is 1.21 bits per heavy atom. The van der Waals surface area contributed by atoms with Gasteiger partial charge in [0.1, 0.15) is 0 Å². The number of hydrogen-bond donors (Lipinski definition) is 2. The zero-order valence-corrected chi connectivity index (χ0v) is 8.94. The number of nitrogens with one attached hydrogen (secondary N) is 2. The summed E-state index contributed by atoms with van der Waals surface area (Å²) in [6, 6.07) is 0.0109. The Morgan fingerprint density at radius 3 is 2.36 bits per heavy atom. The molecule has 1 unspecified atom stereocenters. The van der Waals surface area contributed by atoms with Gasteiger partial charge in [0.25, 0.3) is 0 Å². The highest BCUT2D eigenvalue weighted by atomic mass is 16.2. The second kappa shape index (κ2) is 3.79. The quantitative estimate of drug-likeness (QED) is 0.619. The lowest BCUT2D eigenvalue weighted by Crippen LogP contribution is -2.47. The van der Waals surface area contributed by atoms with E-state index < -0.39 is 0 Å². The Hall–Kier alpha value is -0.730. The standard InChI is InChI=1S/C11H20N2O/c1-11(8-12-10(14)13-11)9-6-4-2-3-5-7-9/h9H,2-8H2,1H3,(H2,12,13,14). The predicted octanol–water partition coefficient (Wildman–Crippen LogP) is 2.03. The fourth-order valence-corrected chi connectivity index (χ4v) is 2.77. The van der Waals surface area contributed by atoms with E-state index in [9.17, 15) is 4.79 Å². The normalized spacial score (nSPS) is 34.8. The largest absolute Gasteiger partial charge is 0.336 e. The van der Waals surface area contributed by atoms with Crippen LogP contribution < -0.4 is 10.6 Å². The monoisotopic (exact) mass is 196 g/mol. The summed E-state index contributed by atoms with van der Waals surface area (Å²) in [7, 11) is 0. The molecule has 1 aliphatic carbocycles. The Balaban J connectivity index is 2.01. The zero-order valence-electron chi connectivity index (χ0n) is 8.94. The molecular weight excluding hydrogens is 176 g/mol. The van der Waals surface area contributed by atoms with E-state index in [1.165, 1.54) is 38.5 Å². The highest BCUT2D eigenvalue weighted by Gasteiger charge is 2.39. The molecule has 0 aromatic rings. The molecule has 0 aromatic carbocycles. The minimum absolute atomic E-state index is 0.0109. The minimum atomic E-state index is 0.0109. The van der Waals surface area contributed by atoms with Gasteiger partial charge in [-0.05, 0) is 25.7 Å². The first-order valence-electron chi connectivity index (χ1n) is 5.77. The Kier molecular flexibility index (Phi) is 2.66. The van der Waals surface area contributed by atoms with Crippen molar-refractivity contribution >= 4 is 6.03 Å². The number of hydrogen-bond acceptors (Lipinski definition) is 1. The van der Waals surface area contributed by atoms with E-state index in [2.05, 4.69) is 17.6 Å².